The Hall–Kier alpha value is -1.89. The molecule has 1 rings (SSSR count). The molecule has 19 heavy (non-hydrogen) atoms. The molecule has 0 N–H and O–H groups in total. The molecule has 1 heterocycles. The van der Waals surface area contributed by atoms with Gasteiger partial charge in [-0.1, -0.05) is 0 Å². The van der Waals surface area contributed by atoms with Gasteiger partial charge in [-0.25, -0.2) is 0 Å². The van der Waals surface area contributed by atoms with Crippen molar-refractivity contribution in [2.75, 3.05) is 6.61 Å². The van der Waals surface area contributed by atoms with Gasteiger partial charge >= 0.3 is 17.9 Å². The maximum atomic E-state index is 11.0. The quantitative estimate of drug-likeness (QED) is 0.414. The number of rotatable bonds is 4. The van der Waals surface area contributed by atoms with Crippen molar-refractivity contribution in [3.05, 3.63) is 12.2 Å². The summed E-state index contributed by atoms with van der Waals surface area (Å²) in [5.74, 6) is -1.48. The fourth-order valence-electron chi connectivity index (χ4n) is 1.49. The van der Waals surface area contributed by atoms with Crippen LogP contribution < -0.4 is 0 Å². The molecule has 106 valence electrons. The Balaban J connectivity index is 2.68. The topological polar surface area (TPSA) is 88.1 Å². The lowest BCUT2D eigenvalue weighted by Gasteiger charge is -2.30. The summed E-state index contributed by atoms with van der Waals surface area (Å²) in [5, 5.41) is 0. The van der Waals surface area contributed by atoms with E-state index in [-0.39, 0.29) is 6.61 Å². The zero-order chi connectivity index (χ0) is 14.4. The number of ether oxygens (including phenoxy) is 4. The molecule has 7 heteroatoms. The molecule has 0 spiro atoms. The van der Waals surface area contributed by atoms with Crippen LogP contribution in [0.5, 0.6) is 0 Å². The van der Waals surface area contributed by atoms with Crippen molar-refractivity contribution in [2.24, 2.45) is 0 Å². The van der Waals surface area contributed by atoms with Gasteiger partial charge in [0.1, 0.15) is 18.8 Å². The Kier molecular flexibility index (Phi) is 5.50. The molecule has 0 saturated carbocycles. The van der Waals surface area contributed by atoms with E-state index < -0.39 is 36.4 Å². The van der Waals surface area contributed by atoms with E-state index in [1.807, 2.05) is 0 Å². The summed E-state index contributed by atoms with van der Waals surface area (Å²) in [6, 6.07) is 0. The second kappa shape index (κ2) is 6.89. The number of hydrogen-bond acceptors (Lipinski definition) is 7. The Morgan fingerprint density at radius 1 is 1.00 bits per heavy atom. The van der Waals surface area contributed by atoms with Gasteiger partial charge in [0.25, 0.3) is 0 Å². The summed E-state index contributed by atoms with van der Waals surface area (Å²) < 4.78 is 20.1. The molecule has 0 bridgehead atoms. The average Bonchev–Trinajstić information content (AvgIpc) is 2.27. The minimum absolute atomic E-state index is 0.102. The molecule has 1 unspecified atom stereocenters. The first kappa shape index (κ1) is 15.2. The Labute approximate surface area is 110 Å². The standard InChI is InChI=1S/C12H16O7/c1-7(13)16-6-11-10(17-8(2)14)4-5-12(19-11)18-9(3)15/h4-5,10-12H,6H2,1-3H3/t10-,11-,12?/m1/s1. The van der Waals surface area contributed by atoms with Gasteiger partial charge in [0, 0.05) is 20.8 Å². The van der Waals surface area contributed by atoms with Gasteiger partial charge in [-0.2, -0.15) is 0 Å². The fourth-order valence-corrected chi connectivity index (χ4v) is 1.49. The third-order valence-corrected chi connectivity index (χ3v) is 2.17. The van der Waals surface area contributed by atoms with E-state index in [9.17, 15) is 14.4 Å². The Morgan fingerprint density at radius 3 is 2.16 bits per heavy atom. The molecule has 0 saturated heterocycles. The number of hydrogen-bond donors (Lipinski definition) is 0. The highest BCUT2D eigenvalue weighted by molar-refractivity contribution is 5.67. The van der Waals surface area contributed by atoms with E-state index in [0.29, 0.717) is 0 Å². The lowest BCUT2D eigenvalue weighted by atomic mass is 10.1. The highest BCUT2D eigenvalue weighted by Gasteiger charge is 2.31. The molecule has 0 aromatic rings. The predicted molar refractivity (Wildman–Crippen MR) is 61.8 cm³/mol. The zero-order valence-electron chi connectivity index (χ0n) is 11.0. The largest absolute Gasteiger partial charge is 0.463 e. The maximum Gasteiger partial charge on any atom is 0.305 e. The van der Waals surface area contributed by atoms with E-state index in [4.69, 9.17) is 18.9 Å². The highest BCUT2D eigenvalue weighted by Crippen LogP contribution is 2.18. The first-order valence-corrected chi connectivity index (χ1v) is 5.70. The van der Waals surface area contributed by atoms with Gasteiger partial charge in [0.2, 0.25) is 6.29 Å². The molecule has 1 aliphatic rings. The van der Waals surface area contributed by atoms with E-state index in [0.717, 1.165) is 0 Å². The molecule has 0 aromatic carbocycles. The lowest BCUT2D eigenvalue weighted by molar-refractivity contribution is -0.201. The predicted octanol–water partition coefficient (Wildman–Crippen LogP) is 0.325. The first-order valence-electron chi connectivity index (χ1n) is 5.70. The molecule has 1 aliphatic heterocycles. The summed E-state index contributed by atoms with van der Waals surface area (Å²) in [5.41, 5.74) is 0. The SMILES string of the molecule is CC(=O)OC[C@H]1OC(OC(C)=O)C=C[C@H]1OC(C)=O. The normalized spacial score (nSPS) is 25.5. The van der Waals surface area contributed by atoms with Crippen LogP contribution in [0.1, 0.15) is 20.8 Å². The van der Waals surface area contributed by atoms with E-state index in [1.54, 1.807) is 0 Å². The van der Waals surface area contributed by atoms with Crippen LogP contribution in [0, 0.1) is 0 Å². The van der Waals surface area contributed by atoms with Crippen LogP contribution >= 0.6 is 0 Å². The summed E-state index contributed by atoms with van der Waals surface area (Å²) in [7, 11) is 0. The van der Waals surface area contributed by atoms with E-state index in [2.05, 4.69) is 0 Å². The third kappa shape index (κ3) is 5.52. The Bertz CT molecular complexity index is 388. The summed E-state index contributed by atoms with van der Waals surface area (Å²) in [6.45, 7) is 3.66. The fraction of sp³-hybridized carbons (Fsp3) is 0.583. The lowest BCUT2D eigenvalue weighted by Crippen LogP contribution is -2.42. The van der Waals surface area contributed by atoms with Crippen LogP contribution in [0.2, 0.25) is 0 Å². The van der Waals surface area contributed by atoms with Crippen molar-refractivity contribution < 1.29 is 33.3 Å². The second-order valence-corrected chi connectivity index (χ2v) is 3.91. The van der Waals surface area contributed by atoms with Gasteiger partial charge in [-0.15, -0.1) is 0 Å². The van der Waals surface area contributed by atoms with Gasteiger partial charge in [0.05, 0.1) is 0 Å². The molecule has 0 aromatic heterocycles. The highest BCUT2D eigenvalue weighted by atomic mass is 16.7. The van der Waals surface area contributed by atoms with E-state index in [1.165, 1.54) is 32.9 Å². The number of esters is 3. The van der Waals surface area contributed by atoms with Crippen molar-refractivity contribution in [3.63, 3.8) is 0 Å². The molecular weight excluding hydrogens is 256 g/mol. The second-order valence-electron chi connectivity index (χ2n) is 3.91. The minimum atomic E-state index is -0.884. The summed E-state index contributed by atoms with van der Waals surface area (Å²) in [6.07, 6.45) is 0.696. The van der Waals surface area contributed by atoms with Crippen LogP contribution in [0.3, 0.4) is 0 Å². The van der Waals surface area contributed by atoms with Crippen LogP contribution in [0.15, 0.2) is 12.2 Å². The summed E-state index contributed by atoms with van der Waals surface area (Å²) >= 11 is 0. The van der Waals surface area contributed by atoms with Crippen molar-refractivity contribution in [1.29, 1.82) is 0 Å². The van der Waals surface area contributed by atoms with Crippen molar-refractivity contribution in [2.45, 2.75) is 39.3 Å². The van der Waals surface area contributed by atoms with Gasteiger partial charge in [0.15, 0.2) is 0 Å². The van der Waals surface area contributed by atoms with Crippen LogP contribution in [-0.2, 0) is 33.3 Å². The molecule has 7 nitrogen and oxygen atoms in total. The number of carbonyl (C=O) groups is 3. The Morgan fingerprint density at radius 2 is 1.63 bits per heavy atom. The molecule has 0 aliphatic carbocycles. The van der Waals surface area contributed by atoms with Gasteiger partial charge in [-0.3, -0.25) is 14.4 Å². The molecular formula is C12H16O7. The third-order valence-electron chi connectivity index (χ3n) is 2.17. The van der Waals surface area contributed by atoms with Crippen LogP contribution in [-0.4, -0.2) is 43.0 Å². The number of carbonyl (C=O) groups excluding carboxylic acids is 3. The molecule has 3 atom stereocenters. The maximum absolute atomic E-state index is 11.0. The zero-order valence-corrected chi connectivity index (χ0v) is 11.0. The van der Waals surface area contributed by atoms with E-state index >= 15 is 0 Å². The van der Waals surface area contributed by atoms with Crippen LogP contribution in [0.25, 0.3) is 0 Å². The van der Waals surface area contributed by atoms with Gasteiger partial charge in [-0.05, 0) is 12.2 Å². The molecule has 0 amide bonds. The van der Waals surface area contributed by atoms with Gasteiger partial charge < -0.3 is 18.9 Å². The minimum Gasteiger partial charge on any atom is -0.463 e. The van der Waals surface area contributed by atoms with Crippen LogP contribution in [0.4, 0.5) is 0 Å². The average molecular weight is 272 g/mol. The smallest absolute Gasteiger partial charge is 0.305 e. The van der Waals surface area contributed by atoms with Crippen molar-refractivity contribution >= 4 is 17.9 Å². The van der Waals surface area contributed by atoms with Crippen molar-refractivity contribution in [3.8, 4) is 0 Å². The monoisotopic (exact) mass is 272 g/mol. The first-order chi connectivity index (χ1) is 8.88. The summed E-state index contributed by atoms with van der Waals surface area (Å²) in [4.78, 5) is 32.6. The van der Waals surface area contributed by atoms with Crippen molar-refractivity contribution in [1.82, 2.24) is 0 Å². The molecule has 0 radical (unpaired) electrons. The molecule has 0 fully saturated rings.